The minimum absolute atomic E-state index is 0.0386. The summed E-state index contributed by atoms with van der Waals surface area (Å²) in [4.78, 5) is 27.9. The summed E-state index contributed by atoms with van der Waals surface area (Å²) in [6, 6.07) is 2.33. The van der Waals surface area contributed by atoms with Gasteiger partial charge in [-0.05, 0) is 64.2 Å². The zero-order valence-corrected chi connectivity index (χ0v) is 16.5. The molecule has 2 aliphatic carbocycles. The molecule has 150 valence electrons. The Balaban J connectivity index is 1.39. The molecular weight excluding hydrogens is 344 g/mol. The fourth-order valence-electron chi connectivity index (χ4n) is 5.06. The highest BCUT2D eigenvalue weighted by atomic mass is 16.6. The summed E-state index contributed by atoms with van der Waals surface area (Å²) in [5, 5.41) is 12.5. The maximum atomic E-state index is 12.4. The molecule has 0 aromatic carbocycles. The zero-order valence-electron chi connectivity index (χ0n) is 16.5. The third-order valence-corrected chi connectivity index (χ3v) is 6.53. The molecule has 5 atom stereocenters. The molecule has 0 aromatic rings. The molecule has 2 saturated carbocycles. The molecule has 0 aromatic heterocycles. The van der Waals surface area contributed by atoms with Crippen LogP contribution in [0.5, 0.6) is 0 Å². The molecule has 3 aliphatic rings. The van der Waals surface area contributed by atoms with Crippen molar-refractivity contribution in [3.63, 3.8) is 0 Å². The highest BCUT2D eigenvalue weighted by Crippen LogP contribution is 2.45. The Morgan fingerprint density at radius 2 is 1.85 bits per heavy atom. The van der Waals surface area contributed by atoms with E-state index in [-0.39, 0.29) is 24.1 Å². The molecule has 0 bridgehead atoms. The van der Waals surface area contributed by atoms with Crippen LogP contribution in [-0.2, 0) is 9.53 Å². The lowest BCUT2D eigenvalue weighted by molar-refractivity contribution is -0.130. The lowest BCUT2D eigenvalue weighted by atomic mass is 10.0. The Kier molecular flexibility index (Phi) is 6.59. The van der Waals surface area contributed by atoms with Crippen LogP contribution in [0.1, 0.15) is 52.4 Å². The monoisotopic (exact) mass is 376 g/mol. The molecule has 1 aliphatic heterocycles. The lowest BCUT2D eigenvalue weighted by Crippen LogP contribution is -2.43. The number of fused-ring (bicyclic) bond motifs is 1. The van der Waals surface area contributed by atoms with E-state index in [1.165, 1.54) is 0 Å². The summed E-state index contributed by atoms with van der Waals surface area (Å²) in [6.45, 7) is 6.31. The van der Waals surface area contributed by atoms with E-state index in [0.717, 1.165) is 38.5 Å². The van der Waals surface area contributed by atoms with Crippen LogP contribution in [-0.4, -0.2) is 66.2 Å². The number of ether oxygens (including phenoxy) is 1. The van der Waals surface area contributed by atoms with Crippen LogP contribution >= 0.6 is 0 Å². The van der Waals surface area contributed by atoms with Gasteiger partial charge in [-0.25, -0.2) is 4.79 Å². The van der Waals surface area contributed by atoms with Crippen molar-refractivity contribution in [3.8, 4) is 6.07 Å². The molecule has 3 rings (SSSR count). The van der Waals surface area contributed by atoms with Crippen LogP contribution in [0, 0.1) is 23.2 Å². The number of carbonyl (C=O) groups excluding carboxylic acids is 2. The van der Waals surface area contributed by atoms with E-state index >= 15 is 0 Å². The number of rotatable bonds is 6. The number of nitrogens with one attached hydrogen (secondary N) is 1. The third kappa shape index (κ3) is 4.55. The summed E-state index contributed by atoms with van der Waals surface area (Å²) < 4.78 is 5.69. The first kappa shape index (κ1) is 19.9. The molecule has 27 heavy (non-hydrogen) atoms. The normalized spacial score (nSPS) is 32.2. The third-order valence-electron chi connectivity index (χ3n) is 6.53. The number of nitriles is 1. The molecule has 7 nitrogen and oxygen atoms in total. The van der Waals surface area contributed by atoms with Gasteiger partial charge in [0.2, 0.25) is 5.91 Å². The molecule has 1 saturated heterocycles. The van der Waals surface area contributed by atoms with Gasteiger partial charge >= 0.3 is 6.09 Å². The number of hydrogen-bond acceptors (Lipinski definition) is 5. The first-order valence-corrected chi connectivity index (χ1v) is 10.4. The molecule has 7 heteroatoms. The van der Waals surface area contributed by atoms with Crippen LogP contribution in [0.4, 0.5) is 4.79 Å². The Morgan fingerprint density at radius 3 is 2.44 bits per heavy atom. The van der Waals surface area contributed by atoms with Gasteiger partial charge in [-0.3, -0.25) is 4.79 Å². The number of carbonyl (C=O) groups is 2. The van der Waals surface area contributed by atoms with Crippen molar-refractivity contribution in [1.82, 2.24) is 15.1 Å². The van der Waals surface area contributed by atoms with Crippen LogP contribution in [0.3, 0.4) is 0 Å². The SMILES string of the molecule is CCN(CC)C(=O)OC1C[C@H]2CC(NCC(=O)N3CCCC3C#N)C[C@H]2C1. The van der Waals surface area contributed by atoms with Gasteiger partial charge in [-0.1, -0.05) is 0 Å². The van der Waals surface area contributed by atoms with Crippen LogP contribution < -0.4 is 5.32 Å². The van der Waals surface area contributed by atoms with E-state index in [2.05, 4.69) is 11.4 Å². The number of nitrogens with zero attached hydrogens (tertiary/aromatic N) is 3. The van der Waals surface area contributed by atoms with Crippen molar-refractivity contribution in [1.29, 1.82) is 5.26 Å². The van der Waals surface area contributed by atoms with Crippen molar-refractivity contribution < 1.29 is 14.3 Å². The van der Waals surface area contributed by atoms with Gasteiger partial charge in [0.05, 0.1) is 12.6 Å². The molecule has 1 heterocycles. The van der Waals surface area contributed by atoms with Gasteiger partial charge < -0.3 is 19.9 Å². The maximum Gasteiger partial charge on any atom is 0.410 e. The second-order valence-corrected chi connectivity index (χ2v) is 8.09. The van der Waals surface area contributed by atoms with Crippen LogP contribution in [0.15, 0.2) is 0 Å². The topological polar surface area (TPSA) is 85.7 Å². The first-order chi connectivity index (χ1) is 13.0. The number of likely N-dealkylation sites (tertiary alicyclic amines) is 1. The average Bonchev–Trinajstić information content (AvgIpc) is 3.34. The van der Waals surface area contributed by atoms with Gasteiger partial charge in [0.15, 0.2) is 0 Å². The van der Waals surface area contributed by atoms with E-state index in [4.69, 9.17) is 10.00 Å². The zero-order chi connectivity index (χ0) is 19.4. The average molecular weight is 377 g/mol. The Hall–Kier alpha value is -1.81. The summed E-state index contributed by atoms with van der Waals surface area (Å²) in [5.74, 6) is 1.19. The van der Waals surface area contributed by atoms with Gasteiger partial charge in [0, 0.05) is 25.7 Å². The first-order valence-electron chi connectivity index (χ1n) is 10.4. The van der Waals surface area contributed by atoms with Gasteiger partial charge in [0.25, 0.3) is 0 Å². The highest BCUT2D eigenvalue weighted by Gasteiger charge is 2.43. The molecule has 1 N–H and O–H groups in total. The maximum absolute atomic E-state index is 12.4. The van der Waals surface area contributed by atoms with Crippen molar-refractivity contribution in [2.24, 2.45) is 11.8 Å². The summed E-state index contributed by atoms with van der Waals surface area (Å²) in [6.07, 6.45) is 5.52. The summed E-state index contributed by atoms with van der Waals surface area (Å²) in [7, 11) is 0. The number of hydrogen-bond donors (Lipinski definition) is 1. The highest BCUT2D eigenvalue weighted by molar-refractivity contribution is 5.79. The number of amides is 2. The standard InChI is InChI=1S/C20H32N4O3/c1-3-23(4-2)20(26)27-18-10-14-8-16(9-15(14)11-18)22-13-19(25)24-7-5-6-17(24)12-21/h14-18,22H,3-11,13H2,1-2H3/t14-,15+,16?,17?,18?. The van der Waals surface area contributed by atoms with Crippen molar-refractivity contribution in [2.75, 3.05) is 26.2 Å². The Bertz CT molecular complexity index is 572. The molecule has 3 fully saturated rings. The van der Waals surface area contributed by atoms with Crippen molar-refractivity contribution in [2.45, 2.75) is 70.6 Å². The fourth-order valence-corrected chi connectivity index (χ4v) is 5.06. The van der Waals surface area contributed by atoms with E-state index in [9.17, 15) is 9.59 Å². The van der Waals surface area contributed by atoms with Crippen molar-refractivity contribution in [3.05, 3.63) is 0 Å². The van der Waals surface area contributed by atoms with E-state index in [0.29, 0.717) is 44.1 Å². The molecule has 2 amide bonds. The van der Waals surface area contributed by atoms with Crippen LogP contribution in [0.25, 0.3) is 0 Å². The van der Waals surface area contributed by atoms with Gasteiger partial charge in [-0.15, -0.1) is 0 Å². The van der Waals surface area contributed by atoms with Crippen LogP contribution in [0.2, 0.25) is 0 Å². The van der Waals surface area contributed by atoms with Crippen molar-refractivity contribution >= 4 is 12.0 Å². The second kappa shape index (κ2) is 8.92. The fraction of sp³-hybridized carbons (Fsp3) is 0.850. The molecular formula is C20H32N4O3. The second-order valence-electron chi connectivity index (χ2n) is 8.09. The summed E-state index contributed by atoms with van der Waals surface area (Å²) >= 11 is 0. The molecule has 0 radical (unpaired) electrons. The Labute approximate surface area is 162 Å². The quantitative estimate of drug-likeness (QED) is 0.767. The summed E-state index contributed by atoms with van der Waals surface area (Å²) in [5.41, 5.74) is 0. The minimum atomic E-state index is -0.247. The lowest BCUT2D eigenvalue weighted by Gasteiger charge is -2.23. The van der Waals surface area contributed by atoms with Gasteiger partial charge in [0.1, 0.15) is 12.1 Å². The smallest absolute Gasteiger partial charge is 0.410 e. The van der Waals surface area contributed by atoms with E-state index in [1.807, 2.05) is 13.8 Å². The van der Waals surface area contributed by atoms with Gasteiger partial charge in [-0.2, -0.15) is 5.26 Å². The molecule has 0 spiro atoms. The molecule has 3 unspecified atom stereocenters. The van der Waals surface area contributed by atoms with E-state index < -0.39 is 0 Å². The predicted octanol–water partition coefficient (Wildman–Crippen LogP) is 2.13. The minimum Gasteiger partial charge on any atom is -0.446 e. The Morgan fingerprint density at radius 1 is 1.19 bits per heavy atom. The predicted molar refractivity (Wildman–Crippen MR) is 101 cm³/mol. The van der Waals surface area contributed by atoms with E-state index in [1.54, 1.807) is 9.80 Å². The largest absolute Gasteiger partial charge is 0.446 e.